The van der Waals surface area contributed by atoms with Gasteiger partial charge in [-0.3, -0.25) is 9.59 Å². The molecule has 2 atom stereocenters. The van der Waals surface area contributed by atoms with Gasteiger partial charge in [0.1, 0.15) is 4.34 Å². The number of esters is 1. The Morgan fingerprint density at radius 2 is 2.21 bits per heavy atom. The summed E-state index contributed by atoms with van der Waals surface area (Å²) in [5, 5.41) is 3.24. The van der Waals surface area contributed by atoms with Gasteiger partial charge in [-0.15, -0.1) is 0 Å². The van der Waals surface area contributed by atoms with Crippen LogP contribution in [0.2, 0.25) is 4.34 Å². The number of methoxy groups -OCH3 is 1. The summed E-state index contributed by atoms with van der Waals surface area (Å²) in [6, 6.07) is 0. The number of nitrogens with one attached hydrogen (secondary N) is 1. The number of nitrogens with zero attached hydrogens (tertiary/aromatic N) is 1. The SMILES string of the molecule is COC(=O)C1CCCC(C(=O)Nc2ncc(Cl)s2)C1. The molecule has 0 spiro atoms. The molecule has 1 aromatic rings. The van der Waals surface area contributed by atoms with Gasteiger partial charge in [0.25, 0.3) is 0 Å². The second kappa shape index (κ2) is 6.34. The zero-order valence-corrected chi connectivity index (χ0v) is 12.1. The summed E-state index contributed by atoms with van der Waals surface area (Å²) in [6.07, 6.45) is 4.48. The van der Waals surface area contributed by atoms with Crippen molar-refractivity contribution in [1.82, 2.24) is 4.98 Å². The lowest BCUT2D eigenvalue weighted by molar-refractivity contribution is -0.147. The van der Waals surface area contributed by atoms with E-state index in [1.807, 2.05) is 0 Å². The van der Waals surface area contributed by atoms with Gasteiger partial charge < -0.3 is 10.1 Å². The number of carbonyl (C=O) groups excluding carboxylic acids is 2. The van der Waals surface area contributed by atoms with E-state index in [0.29, 0.717) is 15.9 Å². The minimum absolute atomic E-state index is 0.0976. The van der Waals surface area contributed by atoms with E-state index in [1.165, 1.54) is 24.6 Å². The van der Waals surface area contributed by atoms with E-state index in [9.17, 15) is 9.59 Å². The summed E-state index contributed by atoms with van der Waals surface area (Å²) in [6.45, 7) is 0. The molecule has 1 heterocycles. The molecule has 0 radical (unpaired) electrons. The predicted octanol–water partition coefficient (Wildman–Crippen LogP) is 2.71. The van der Waals surface area contributed by atoms with E-state index in [1.54, 1.807) is 0 Å². The molecule has 104 valence electrons. The quantitative estimate of drug-likeness (QED) is 0.872. The molecule has 1 amide bonds. The van der Waals surface area contributed by atoms with Crippen LogP contribution in [0.5, 0.6) is 0 Å². The van der Waals surface area contributed by atoms with E-state index in [0.717, 1.165) is 19.3 Å². The number of amides is 1. The van der Waals surface area contributed by atoms with Crippen molar-refractivity contribution < 1.29 is 14.3 Å². The van der Waals surface area contributed by atoms with Crippen molar-refractivity contribution in [3.8, 4) is 0 Å². The third kappa shape index (κ3) is 3.67. The maximum Gasteiger partial charge on any atom is 0.308 e. The van der Waals surface area contributed by atoms with Crippen LogP contribution >= 0.6 is 22.9 Å². The van der Waals surface area contributed by atoms with Gasteiger partial charge in [0, 0.05) is 5.92 Å². The molecule has 2 rings (SSSR count). The lowest BCUT2D eigenvalue weighted by Gasteiger charge is -2.26. The Bertz CT molecular complexity index is 477. The fourth-order valence-corrected chi connectivity index (χ4v) is 3.14. The third-order valence-corrected chi connectivity index (χ3v) is 4.32. The predicted molar refractivity (Wildman–Crippen MR) is 73.2 cm³/mol. The molecule has 2 unspecified atom stereocenters. The van der Waals surface area contributed by atoms with E-state index in [4.69, 9.17) is 16.3 Å². The second-order valence-corrected chi connectivity index (χ2v) is 6.20. The summed E-state index contributed by atoms with van der Waals surface area (Å²) in [7, 11) is 1.38. The summed E-state index contributed by atoms with van der Waals surface area (Å²) < 4.78 is 5.27. The highest BCUT2D eigenvalue weighted by Gasteiger charge is 2.31. The van der Waals surface area contributed by atoms with Crippen molar-refractivity contribution >= 4 is 39.9 Å². The molecule has 1 aromatic heterocycles. The maximum absolute atomic E-state index is 12.1. The molecule has 1 aliphatic carbocycles. The molecule has 1 N–H and O–H groups in total. The number of hydrogen-bond donors (Lipinski definition) is 1. The number of rotatable bonds is 3. The van der Waals surface area contributed by atoms with Crippen LogP contribution in [-0.4, -0.2) is 24.0 Å². The molecule has 0 saturated heterocycles. The topological polar surface area (TPSA) is 68.3 Å². The van der Waals surface area contributed by atoms with Crippen LogP contribution < -0.4 is 5.32 Å². The Hall–Kier alpha value is -1.14. The highest BCUT2D eigenvalue weighted by molar-refractivity contribution is 7.19. The fourth-order valence-electron chi connectivity index (χ4n) is 2.33. The van der Waals surface area contributed by atoms with Gasteiger partial charge in [0.2, 0.25) is 5.91 Å². The highest BCUT2D eigenvalue weighted by atomic mass is 35.5. The minimum Gasteiger partial charge on any atom is -0.469 e. The Morgan fingerprint density at radius 3 is 2.84 bits per heavy atom. The van der Waals surface area contributed by atoms with Gasteiger partial charge in [0.15, 0.2) is 5.13 Å². The summed E-state index contributed by atoms with van der Waals surface area (Å²) in [5.41, 5.74) is 0. The summed E-state index contributed by atoms with van der Waals surface area (Å²) in [5.74, 6) is -0.663. The fraction of sp³-hybridized carbons (Fsp3) is 0.583. The first kappa shape index (κ1) is 14.3. The van der Waals surface area contributed by atoms with Gasteiger partial charge in [-0.2, -0.15) is 0 Å². The van der Waals surface area contributed by atoms with Crippen molar-refractivity contribution in [1.29, 1.82) is 0 Å². The van der Waals surface area contributed by atoms with Gasteiger partial charge >= 0.3 is 5.97 Å². The number of aromatic nitrogens is 1. The standard InChI is InChI=1S/C12H15ClN2O3S/c1-18-11(17)8-4-2-3-7(5-8)10(16)15-12-14-6-9(13)19-12/h6-8H,2-5H2,1H3,(H,14,15,16). The lowest BCUT2D eigenvalue weighted by atomic mass is 9.81. The zero-order valence-electron chi connectivity index (χ0n) is 10.5. The average Bonchev–Trinajstić information content (AvgIpc) is 2.83. The second-order valence-electron chi connectivity index (χ2n) is 4.54. The molecule has 0 bridgehead atoms. The average molecular weight is 303 g/mol. The van der Waals surface area contributed by atoms with Gasteiger partial charge in [-0.05, 0) is 19.3 Å². The van der Waals surface area contributed by atoms with Crippen molar-refractivity contribution in [3.63, 3.8) is 0 Å². The number of carbonyl (C=O) groups is 2. The number of ether oxygens (including phenoxy) is 1. The van der Waals surface area contributed by atoms with Gasteiger partial charge in [-0.1, -0.05) is 29.4 Å². The Morgan fingerprint density at radius 1 is 1.47 bits per heavy atom. The minimum atomic E-state index is -0.227. The first-order valence-corrected chi connectivity index (χ1v) is 7.29. The van der Waals surface area contributed by atoms with Crippen molar-refractivity contribution in [2.24, 2.45) is 11.8 Å². The molecule has 1 saturated carbocycles. The summed E-state index contributed by atoms with van der Waals surface area (Å²) >= 11 is 6.98. The van der Waals surface area contributed by atoms with E-state index < -0.39 is 0 Å². The van der Waals surface area contributed by atoms with Crippen LogP contribution in [0.4, 0.5) is 5.13 Å². The molecule has 1 aliphatic rings. The van der Waals surface area contributed by atoms with E-state index >= 15 is 0 Å². The number of anilines is 1. The smallest absolute Gasteiger partial charge is 0.308 e. The van der Waals surface area contributed by atoms with Crippen LogP contribution in [0.25, 0.3) is 0 Å². The number of thiazole rings is 1. The molecule has 0 aliphatic heterocycles. The molecule has 0 aromatic carbocycles. The molecule has 1 fully saturated rings. The molecule has 19 heavy (non-hydrogen) atoms. The maximum atomic E-state index is 12.1. The van der Waals surface area contributed by atoms with Crippen LogP contribution in [0.3, 0.4) is 0 Å². The largest absolute Gasteiger partial charge is 0.469 e. The van der Waals surface area contributed by atoms with Gasteiger partial charge in [0.05, 0.1) is 19.2 Å². The Labute approximate surface area is 120 Å². The van der Waals surface area contributed by atoms with Crippen LogP contribution in [0.1, 0.15) is 25.7 Å². The van der Waals surface area contributed by atoms with Crippen molar-refractivity contribution in [2.75, 3.05) is 12.4 Å². The van der Waals surface area contributed by atoms with E-state index in [-0.39, 0.29) is 23.7 Å². The Kier molecular flexibility index (Phi) is 4.76. The highest BCUT2D eigenvalue weighted by Crippen LogP contribution is 2.31. The normalized spacial score (nSPS) is 22.8. The Balaban J connectivity index is 1.93. The first-order valence-electron chi connectivity index (χ1n) is 6.10. The van der Waals surface area contributed by atoms with Crippen LogP contribution in [0, 0.1) is 11.8 Å². The third-order valence-electron chi connectivity index (χ3n) is 3.29. The number of halogens is 1. The van der Waals surface area contributed by atoms with E-state index in [2.05, 4.69) is 10.3 Å². The van der Waals surface area contributed by atoms with Crippen molar-refractivity contribution in [3.05, 3.63) is 10.5 Å². The molecule has 7 heteroatoms. The lowest BCUT2D eigenvalue weighted by Crippen LogP contribution is -2.31. The monoisotopic (exact) mass is 302 g/mol. The summed E-state index contributed by atoms with van der Waals surface area (Å²) in [4.78, 5) is 27.6. The number of hydrogen-bond acceptors (Lipinski definition) is 5. The van der Waals surface area contributed by atoms with Crippen molar-refractivity contribution in [2.45, 2.75) is 25.7 Å². The zero-order chi connectivity index (χ0) is 13.8. The molecular formula is C12H15ClN2O3S. The van der Waals surface area contributed by atoms with Crippen LogP contribution in [-0.2, 0) is 14.3 Å². The first-order chi connectivity index (χ1) is 9.10. The molecule has 5 nitrogen and oxygen atoms in total. The molecular weight excluding hydrogens is 288 g/mol. The van der Waals surface area contributed by atoms with Gasteiger partial charge in [-0.25, -0.2) is 4.98 Å². The van der Waals surface area contributed by atoms with Crippen LogP contribution in [0.15, 0.2) is 6.20 Å².